The van der Waals surface area contributed by atoms with Gasteiger partial charge in [-0.1, -0.05) is 0 Å². The molecule has 0 fully saturated rings. The minimum Gasteiger partial charge on any atom is -0.380 e. The first-order chi connectivity index (χ1) is 8.10. The molecule has 0 rings (SSSR count). The molecule has 6 nitrogen and oxygen atoms in total. The number of rotatable bonds is 10. The molecule has 102 valence electrons. The Morgan fingerprint density at radius 3 is 2.65 bits per heavy atom. The average Bonchev–Trinajstić information content (AvgIpc) is 2.30. The van der Waals surface area contributed by atoms with Crippen LogP contribution in [0.4, 0.5) is 0 Å². The van der Waals surface area contributed by atoms with E-state index >= 15 is 0 Å². The van der Waals surface area contributed by atoms with Gasteiger partial charge < -0.3 is 25.4 Å². The summed E-state index contributed by atoms with van der Waals surface area (Å²) in [6.45, 7) is 2.95. The first-order valence-electron chi connectivity index (χ1n) is 5.82. The van der Waals surface area contributed by atoms with Crippen LogP contribution in [0.2, 0.25) is 0 Å². The minimum atomic E-state index is -0.204. The lowest BCUT2D eigenvalue weighted by Crippen LogP contribution is -2.34. The molecule has 1 unspecified atom stereocenters. The SMILES string of the molecule is COC(CN)CC(=O)NCCOCCN(C)C. The van der Waals surface area contributed by atoms with E-state index in [2.05, 4.69) is 5.32 Å². The zero-order valence-electron chi connectivity index (χ0n) is 11.1. The van der Waals surface area contributed by atoms with Crippen molar-refractivity contribution < 1.29 is 14.3 Å². The van der Waals surface area contributed by atoms with Crippen molar-refractivity contribution in [1.82, 2.24) is 10.2 Å². The van der Waals surface area contributed by atoms with Crippen molar-refractivity contribution in [2.24, 2.45) is 5.73 Å². The van der Waals surface area contributed by atoms with Gasteiger partial charge in [-0.05, 0) is 14.1 Å². The molecule has 0 saturated heterocycles. The molecule has 0 aromatic heterocycles. The normalized spacial score (nSPS) is 12.8. The highest BCUT2D eigenvalue weighted by molar-refractivity contribution is 5.76. The van der Waals surface area contributed by atoms with Crippen molar-refractivity contribution in [2.45, 2.75) is 12.5 Å². The van der Waals surface area contributed by atoms with E-state index < -0.39 is 0 Å². The maximum absolute atomic E-state index is 11.4. The predicted octanol–water partition coefficient (Wildman–Crippen LogP) is -0.955. The lowest BCUT2D eigenvalue weighted by molar-refractivity contribution is -0.123. The van der Waals surface area contributed by atoms with E-state index in [4.69, 9.17) is 15.2 Å². The van der Waals surface area contributed by atoms with Crippen molar-refractivity contribution in [3.63, 3.8) is 0 Å². The number of likely N-dealkylation sites (N-methyl/N-ethyl adjacent to an activating group) is 1. The molecule has 0 aliphatic rings. The first kappa shape index (κ1) is 16.3. The third-order valence-electron chi connectivity index (χ3n) is 2.26. The summed E-state index contributed by atoms with van der Waals surface area (Å²) in [5.41, 5.74) is 5.42. The molecule has 0 aliphatic heterocycles. The van der Waals surface area contributed by atoms with Crippen molar-refractivity contribution in [3.05, 3.63) is 0 Å². The average molecular weight is 247 g/mol. The highest BCUT2D eigenvalue weighted by atomic mass is 16.5. The maximum atomic E-state index is 11.4. The number of nitrogens with two attached hydrogens (primary N) is 1. The van der Waals surface area contributed by atoms with Crippen molar-refractivity contribution in [3.8, 4) is 0 Å². The second kappa shape index (κ2) is 10.5. The van der Waals surface area contributed by atoms with Crippen LogP contribution in [-0.2, 0) is 14.3 Å². The lowest BCUT2D eigenvalue weighted by Gasteiger charge is -2.13. The number of ether oxygens (including phenoxy) is 2. The second-order valence-corrected chi connectivity index (χ2v) is 4.06. The predicted molar refractivity (Wildman–Crippen MR) is 66.9 cm³/mol. The summed E-state index contributed by atoms with van der Waals surface area (Å²) in [7, 11) is 5.53. The van der Waals surface area contributed by atoms with Gasteiger partial charge in [-0.2, -0.15) is 0 Å². The van der Waals surface area contributed by atoms with Crippen LogP contribution in [0.3, 0.4) is 0 Å². The zero-order chi connectivity index (χ0) is 13.1. The molecule has 0 radical (unpaired) electrons. The van der Waals surface area contributed by atoms with Crippen LogP contribution in [0.5, 0.6) is 0 Å². The summed E-state index contributed by atoms with van der Waals surface area (Å²) in [4.78, 5) is 13.4. The molecule has 17 heavy (non-hydrogen) atoms. The summed E-state index contributed by atoms with van der Waals surface area (Å²) in [6.07, 6.45) is 0.0923. The third-order valence-corrected chi connectivity index (χ3v) is 2.26. The van der Waals surface area contributed by atoms with Crippen LogP contribution >= 0.6 is 0 Å². The molecule has 1 atom stereocenters. The molecule has 1 amide bonds. The Hall–Kier alpha value is -0.690. The summed E-state index contributed by atoms with van der Waals surface area (Å²) in [5.74, 6) is -0.0569. The number of methoxy groups -OCH3 is 1. The first-order valence-corrected chi connectivity index (χ1v) is 5.82. The monoisotopic (exact) mass is 247 g/mol. The van der Waals surface area contributed by atoms with Crippen molar-refractivity contribution >= 4 is 5.91 Å². The molecule has 0 spiro atoms. The quantitative estimate of drug-likeness (QED) is 0.487. The Labute approximate surface area is 103 Å². The fraction of sp³-hybridized carbons (Fsp3) is 0.909. The Balaban J connectivity index is 3.39. The van der Waals surface area contributed by atoms with Gasteiger partial charge in [-0.3, -0.25) is 4.79 Å². The van der Waals surface area contributed by atoms with Gasteiger partial charge in [0, 0.05) is 26.7 Å². The van der Waals surface area contributed by atoms with E-state index in [1.807, 2.05) is 19.0 Å². The Morgan fingerprint density at radius 1 is 1.41 bits per heavy atom. The van der Waals surface area contributed by atoms with E-state index in [-0.39, 0.29) is 12.0 Å². The van der Waals surface area contributed by atoms with Crippen LogP contribution in [0, 0.1) is 0 Å². The molecule has 0 bridgehead atoms. The van der Waals surface area contributed by atoms with Gasteiger partial charge in [0.2, 0.25) is 5.91 Å². The summed E-state index contributed by atoms with van der Waals surface area (Å²) in [5, 5.41) is 2.76. The van der Waals surface area contributed by atoms with Gasteiger partial charge in [0.05, 0.1) is 25.7 Å². The number of amides is 1. The molecule has 0 aromatic rings. The van der Waals surface area contributed by atoms with Crippen LogP contribution < -0.4 is 11.1 Å². The lowest BCUT2D eigenvalue weighted by atomic mass is 10.2. The van der Waals surface area contributed by atoms with E-state index in [0.29, 0.717) is 32.7 Å². The van der Waals surface area contributed by atoms with Crippen LogP contribution in [0.15, 0.2) is 0 Å². The molecular formula is C11H25N3O3. The van der Waals surface area contributed by atoms with Crippen molar-refractivity contribution in [1.29, 1.82) is 0 Å². The fourth-order valence-corrected chi connectivity index (χ4v) is 1.15. The highest BCUT2D eigenvalue weighted by Crippen LogP contribution is 1.93. The Morgan fingerprint density at radius 2 is 2.12 bits per heavy atom. The topological polar surface area (TPSA) is 76.8 Å². The van der Waals surface area contributed by atoms with Gasteiger partial charge in [0.25, 0.3) is 0 Å². The van der Waals surface area contributed by atoms with Gasteiger partial charge in [0.15, 0.2) is 0 Å². The number of nitrogens with one attached hydrogen (secondary N) is 1. The Kier molecular flexibility index (Phi) is 10.0. The van der Waals surface area contributed by atoms with E-state index in [1.165, 1.54) is 0 Å². The smallest absolute Gasteiger partial charge is 0.222 e. The number of carbonyl (C=O) groups excluding carboxylic acids is 1. The molecule has 6 heteroatoms. The molecule has 0 saturated carbocycles. The van der Waals surface area contributed by atoms with Crippen molar-refractivity contribution in [2.75, 3.05) is 54.1 Å². The van der Waals surface area contributed by atoms with Crippen LogP contribution in [-0.4, -0.2) is 71.0 Å². The fourth-order valence-electron chi connectivity index (χ4n) is 1.15. The van der Waals surface area contributed by atoms with Gasteiger partial charge >= 0.3 is 0 Å². The molecule has 3 N–H and O–H groups in total. The summed E-state index contributed by atoms with van der Waals surface area (Å²) < 4.78 is 10.4. The second-order valence-electron chi connectivity index (χ2n) is 4.06. The van der Waals surface area contributed by atoms with E-state index in [0.717, 1.165) is 6.54 Å². The Bertz CT molecular complexity index is 196. The summed E-state index contributed by atoms with van der Waals surface area (Å²) >= 11 is 0. The summed E-state index contributed by atoms with van der Waals surface area (Å²) in [6, 6.07) is 0. The van der Waals surface area contributed by atoms with E-state index in [9.17, 15) is 4.79 Å². The van der Waals surface area contributed by atoms with Crippen LogP contribution in [0.25, 0.3) is 0 Å². The standard InChI is InChI=1S/C11H25N3O3/c1-14(2)5-7-17-6-4-13-11(15)8-10(9-12)16-3/h10H,4-9,12H2,1-3H3,(H,13,15). The van der Waals surface area contributed by atoms with E-state index in [1.54, 1.807) is 7.11 Å². The molecule has 0 aliphatic carbocycles. The maximum Gasteiger partial charge on any atom is 0.222 e. The number of carbonyl (C=O) groups is 1. The van der Waals surface area contributed by atoms with Gasteiger partial charge in [-0.25, -0.2) is 0 Å². The molecular weight excluding hydrogens is 222 g/mol. The molecule has 0 aromatic carbocycles. The largest absolute Gasteiger partial charge is 0.380 e. The minimum absolute atomic E-state index is 0.0569. The number of nitrogens with zero attached hydrogens (tertiary/aromatic N) is 1. The van der Waals surface area contributed by atoms with Gasteiger partial charge in [-0.15, -0.1) is 0 Å². The third kappa shape index (κ3) is 10.2. The van der Waals surface area contributed by atoms with Crippen LogP contribution in [0.1, 0.15) is 6.42 Å². The zero-order valence-corrected chi connectivity index (χ0v) is 11.1. The highest BCUT2D eigenvalue weighted by Gasteiger charge is 2.10. The molecule has 0 heterocycles. The van der Waals surface area contributed by atoms with Gasteiger partial charge in [0.1, 0.15) is 0 Å². The number of hydrogen-bond donors (Lipinski definition) is 2. The number of hydrogen-bond acceptors (Lipinski definition) is 5.